The molecule has 1 saturated heterocycles. The Morgan fingerprint density at radius 1 is 1.19 bits per heavy atom. The average molecular weight is 433 g/mol. The van der Waals surface area contributed by atoms with Crippen molar-refractivity contribution in [3.05, 3.63) is 54.2 Å². The lowest BCUT2D eigenvalue weighted by atomic mass is 10.1. The standard InChI is InChI=1S/C22H28N10/c1-15(2)18-12-26-32-20(18)29-21(28-17-7-5-9-23-11-17)30-22(32)25-10-16-6-3-4-8-19(16)31-14-24-13-27-31/h3-4,6,8,12-15,17,23H,5,7,9-11H2,1-2H3,(H2,25,28,29,30). The SMILES string of the molecule is CC(C)c1cnn2c(NCc3ccccc3-n3cncn3)nc(NC3CCCNC3)nc12. The van der Waals surface area contributed by atoms with Crippen molar-refractivity contribution in [1.29, 1.82) is 0 Å². The molecule has 10 heteroatoms. The van der Waals surface area contributed by atoms with Crippen LogP contribution in [0.1, 0.15) is 43.7 Å². The number of fused-ring (bicyclic) bond motifs is 1. The van der Waals surface area contributed by atoms with Gasteiger partial charge in [0.2, 0.25) is 11.9 Å². The van der Waals surface area contributed by atoms with Crippen LogP contribution in [-0.4, -0.2) is 53.5 Å². The molecule has 0 saturated carbocycles. The van der Waals surface area contributed by atoms with Crippen LogP contribution in [0.4, 0.5) is 11.9 Å². The van der Waals surface area contributed by atoms with Gasteiger partial charge in [0.05, 0.1) is 11.9 Å². The molecule has 1 atom stereocenters. The zero-order valence-electron chi connectivity index (χ0n) is 18.4. The van der Waals surface area contributed by atoms with Crippen molar-refractivity contribution in [3.8, 4) is 5.69 Å². The van der Waals surface area contributed by atoms with Crippen LogP contribution in [0.3, 0.4) is 0 Å². The van der Waals surface area contributed by atoms with Crippen LogP contribution in [0, 0.1) is 0 Å². The topological polar surface area (TPSA) is 110 Å². The molecule has 166 valence electrons. The van der Waals surface area contributed by atoms with Crippen molar-refractivity contribution < 1.29 is 0 Å². The highest BCUT2D eigenvalue weighted by Gasteiger charge is 2.18. The van der Waals surface area contributed by atoms with E-state index < -0.39 is 0 Å². The summed E-state index contributed by atoms with van der Waals surface area (Å²) in [4.78, 5) is 13.7. The lowest BCUT2D eigenvalue weighted by Gasteiger charge is -2.24. The van der Waals surface area contributed by atoms with E-state index in [1.807, 2.05) is 24.4 Å². The molecule has 0 radical (unpaired) electrons. The first kappa shape index (κ1) is 20.4. The van der Waals surface area contributed by atoms with Crippen LogP contribution in [0.5, 0.6) is 0 Å². The molecule has 0 bridgehead atoms. The summed E-state index contributed by atoms with van der Waals surface area (Å²) >= 11 is 0. The van der Waals surface area contributed by atoms with Gasteiger partial charge in [0, 0.05) is 24.7 Å². The van der Waals surface area contributed by atoms with Crippen molar-refractivity contribution in [2.24, 2.45) is 0 Å². The molecular weight excluding hydrogens is 404 g/mol. The van der Waals surface area contributed by atoms with Gasteiger partial charge in [-0.15, -0.1) is 0 Å². The van der Waals surface area contributed by atoms with Gasteiger partial charge in [-0.05, 0) is 36.9 Å². The molecule has 0 amide bonds. The third-order valence-electron chi connectivity index (χ3n) is 5.74. The van der Waals surface area contributed by atoms with Crippen molar-refractivity contribution in [2.75, 3.05) is 23.7 Å². The number of hydrogen-bond donors (Lipinski definition) is 3. The fourth-order valence-corrected chi connectivity index (χ4v) is 4.03. The molecule has 0 spiro atoms. The molecule has 4 aromatic rings. The van der Waals surface area contributed by atoms with Crippen molar-refractivity contribution in [3.63, 3.8) is 0 Å². The van der Waals surface area contributed by atoms with E-state index in [2.05, 4.69) is 51.0 Å². The maximum Gasteiger partial charge on any atom is 0.229 e. The number of nitrogens with zero attached hydrogens (tertiary/aromatic N) is 7. The van der Waals surface area contributed by atoms with Crippen molar-refractivity contribution in [2.45, 2.75) is 45.2 Å². The van der Waals surface area contributed by atoms with Gasteiger partial charge in [0.1, 0.15) is 12.7 Å². The van der Waals surface area contributed by atoms with E-state index in [0.29, 0.717) is 30.4 Å². The third kappa shape index (κ3) is 4.13. The minimum atomic E-state index is 0.312. The summed E-state index contributed by atoms with van der Waals surface area (Å²) in [6.07, 6.45) is 7.37. The average Bonchev–Trinajstić information content (AvgIpc) is 3.49. The molecule has 0 aliphatic carbocycles. The van der Waals surface area contributed by atoms with Gasteiger partial charge in [-0.3, -0.25) is 0 Å². The Hall–Kier alpha value is -3.53. The maximum absolute atomic E-state index is 4.81. The number of para-hydroxylation sites is 1. The van der Waals surface area contributed by atoms with Gasteiger partial charge in [-0.2, -0.15) is 24.7 Å². The predicted octanol–water partition coefficient (Wildman–Crippen LogP) is 2.60. The van der Waals surface area contributed by atoms with Crippen molar-refractivity contribution in [1.82, 2.24) is 39.7 Å². The zero-order valence-corrected chi connectivity index (χ0v) is 18.4. The quantitative estimate of drug-likeness (QED) is 0.409. The largest absolute Gasteiger partial charge is 0.350 e. The van der Waals surface area contributed by atoms with Gasteiger partial charge in [-0.1, -0.05) is 32.0 Å². The van der Waals surface area contributed by atoms with E-state index in [0.717, 1.165) is 48.4 Å². The number of nitrogens with one attached hydrogen (secondary N) is 3. The third-order valence-corrected chi connectivity index (χ3v) is 5.74. The van der Waals surface area contributed by atoms with E-state index in [1.54, 1.807) is 15.5 Å². The lowest BCUT2D eigenvalue weighted by molar-refractivity contribution is 0.478. The Labute approximate surface area is 186 Å². The summed E-state index contributed by atoms with van der Waals surface area (Å²) in [5, 5.41) is 19.3. The molecular formula is C22H28N10. The number of anilines is 2. The van der Waals surface area contributed by atoms with Crippen LogP contribution < -0.4 is 16.0 Å². The van der Waals surface area contributed by atoms with Gasteiger partial charge < -0.3 is 16.0 Å². The van der Waals surface area contributed by atoms with Gasteiger partial charge in [0.25, 0.3) is 0 Å². The summed E-state index contributed by atoms with van der Waals surface area (Å²) < 4.78 is 3.55. The van der Waals surface area contributed by atoms with Gasteiger partial charge >= 0.3 is 0 Å². The second kappa shape index (κ2) is 8.91. The molecule has 3 N–H and O–H groups in total. The first-order valence-electron chi connectivity index (χ1n) is 11.1. The van der Waals surface area contributed by atoms with Crippen LogP contribution in [0.2, 0.25) is 0 Å². The van der Waals surface area contributed by atoms with Gasteiger partial charge in [-0.25, -0.2) is 9.67 Å². The molecule has 10 nitrogen and oxygen atoms in total. The Kier molecular flexibility index (Phi) is 5.68. The molecule has 3 aromatic heterocycles. The number of aromatic nitrogens is 7. The lowest BCUT2D eigenvalue weighted by Crippen LogP contribution is -2.38. The van der Waals surface area contributed by atoms with Crippen molar-refractivity contribution >= 4 is 17.5 Å². The smallest absolute Gasteiger partial charge is 0.229 e. The summed E-state index contributed by atoms with van der Waals surface area (Å²) in [5.74, 6) is 1.59. The predicted molar refractivity (Wildman–Crippen MR) is 123 cm³/mol. The highest BCUT2D eigenvalue weighted by molar-refractivity contribution is 5.56. The van der Waals surface area contributed by atoms with E-state index in [-0.39, 0.29) is 0 Å². The van der Waals surface area contributed by atoms with E-state index in [9.17, 15) is 0 Å². The summed E-state index contributed by atoms with van der Waals surface area (Å²) in [7, 11) is 0. The highest BCUT2D eigenvalue weighted by atomic mass is 15.4. The Balaban J connectivity index is 1.46. The molecule has 1 aliphatic rings. The molecule has 1 aliphatic heterocycles. The molecule has 32 heavy (non-hydrogen) atoms. The monoisotopic (exact) mass is 432 g/mol. The Morgan fingerprint density at radius 3 is 2.88 bits per heavy atom. The Morgan fingerprint density at radius 2 is 2.09 bits per heavy atom. The number of rotatable bonds is 7. The Bertz CT molecular complexity index is 1170. The first-order valence-corrected chi connectivity index (χ1v) is 11.1. The fourth-order valence-electron chi connectivity index (χ4n) is 4.03. The number of benzene rings is 1. The zero-order chi connectivity index (χ0) is 21.9. The second-order valence-corrected chi connectivity index (χ2v) is 8.37. The molecule has 5 rings (SSSR count). The highest BCUT2D eigenvalue weighted by Crippen LogP contribution is 2.23. The maximum atomic E-state index is 4.81. The molecule has 4 heterocycles. The molecule has 1 aromatic carbocycles. The number of hydrogen-bond acceptors (Lipinski definition) is 8. The summed E-state index contributed by atoms with van der Waals surface area (Å²) in [6.45, 7) is 6.84. The van der Waals surface area contributed by atoms with Crippen LogP contribution >= 0.6 is 0 Å². The minimum absolute atomic E-state index is 0.312. The van der Waals surface area contributed by atoms with Crippen LogP contribution in [-0.2, 0) is 6.54 Å². The summed E-state index contributed by atoms with van der Waals surface area (Å²) in [5.41, 5.74) is 3.97. The van der Waals surface area contributed by atoms with E-state index in [4.69, 9.17) is 9.97 Å². The second-order valence-electron chi connectivity index (χ2n) is 8.37. The molecule has 1 fully saturated rings. The first-order chi connectivity index (χ1) is 15.7. The normalized spacial score (nSPS) is 16.5. The minimum Gasteiger partial charge on any atom is -0.350 e. The van der Waals surface area contributed by atoms with E-state index in [1.165, 1.54) is 6.33 Å². The summed E-state index contributed by atoms with van der Waals surface area (Å²) in [6, 6.07) is 8.41. The van der Waals surface area contributed by atoms with Crippen LogP contribution in [0.25, 0.3) is 11.3 Å². The van der Waals surface area contributed by atoms with E-state index >= 15 is 0 Å². The fraction of sp³-hybridized carbons (Fsp3) is 0.409. The van der Waals surface area contributed by atoms with Gasteiger partial charge in [0.15, 0.2) is 5.65 Å². The number of piperidine rings is 1. The van der Waals surface area contributed by atoms with Crippen LogP contribution in [0.15, 0.2) is 43.1 Å². The molecule has 1 unspecified atom stereocenters.